The molecule has 1 saturated heterocycles. The third-order valence-corrected chi connectivity index (χ3v) is 4.43. The number of nitriles is 1. The molecule has 0 radical (unpaired) electrons. The van der Waals surface area contributed by atoms with Gasteiger partial charge in [0.05, 0.1) is 18.4 Å². The van der Waals surface area contributed by atoms with E-state index in [0.29, 0.717) is 30.0 Å². The van der Waals surface area contributed by atoms with Crippen LogP contribution in [0.3, 0.4) is 0 Å². The SMILES string of the molecule is CCOC(=O)c1cnc2[nH]ccc2c1N[C@H]1CCCN(C(=O)CC#N)C1. The van der Waals surface area contributed by atoms with Gasteiger partial charge in [-0.05, 0) is 25.8 Å². The molecular weight excluding hydrogens is 334 g/mol. The maximum Gasteiger partial charge on any atom is 0.341 e. The van der Waals surface area contributed by atoms with Crippen molar-refractivity contribution in [1.29, 1.82) is 5.26 Å². The van der Waals surface area contributed by atoms with Gasteiger partial charge in [0.15, 0.2) is 0 Å². The predicted octanol–water partition coefficient (Wildman–Crippen LogP) is 2.06. The van der Waals surface area contributed by atoms with Gasteiger partial charge in [-0.1, -0.05) is 0 Å². The van der Waals surface area contributed by atoms with Gasteiger partial charge in [0, 0.05) is 36.9 Å². The molecule has 136 valence electrons. The van der Waals surface area contributed by atoms with Crippen LogP contribution in [0.25, 0.3) is 11.0 Å². The number of rotatable bonds is 5. The number of anilines is 1. The van der Waals surface area contributed by atoms with E-state index in [4.69, 9.17) is 10.00 Å². The minimum Gasteiger partial charge on any atom is -0.462 e. The van der Waals surface area contributed by atoms with E-state index in [1.165, 1.54) is 6.20 Å². The highest BCUT2D eigenvalue weighted by Crippen LogP contribution is 2.28. The molecule has 3 rings (SSSR count). The highest BCUT2D eigenvalue weighted by molar-refractivity contribution is 6.04. The van der Waals surface area contributed by atoms with Gasteiger partial charge in [0.1, 0.15) is 17.6 Å². The van der Waals surface area contributed by atoms with Crippen LogP contribution in [0.15, 0.2) is 18.5 Å². The molecule has 8 nitrogen and oxygen atoms in total. The lowest BCUT2D eigenvalue weighted by Gasteiger charge is -2.33. The van der Waals surface area contributed by atoms with Crippen molar-refractivity contribution in [2.75, 3.05) is 25.0 Å². The zero-order valence-electron chi connectivity index (χ0n) is 14.6. The molecule has 0 unspecified atom stereocenters. The summed E-state index contributed by atoms with van der Waals surface area (Å²) in [6.45, 7) is 3.19. The second-order valence-corrected chi connectivity index (χ2v) is 6.17. The smallest absolute Gasteiger partial charge is 0.341 e. The normalized spacial score (nSPS) is 16.9. The first-order valence-electron chi connectivity index (χ1n) is 8.68. The van der Waals surface area contributed by atoms with Gasteiger partial charge in [-0.15, -0.1) is 0 Å². The highest BCUT2D eigenvalue weighted by atomic mass is 16.5. The number of nitrogens with one attached hydrogen (secondary N) is 2. The zero-order chi connectivity index (χ0) is 18.5. The van der Waals surface area contributed by atoms with E-state index in [9.17, 15) is 9.59 Å². The minimum atomic E-state index is -0.432. The first kappa shape index (κ1) is 17.7. The van der Waals surface area contributed by atoms with Crippen molar-refractivity contribution in [2.24, 2.45) is 0 Å². The van der Waals surface area contributed by atoms with Crippen LogP contribution in [-0.4, -0.2) is 52.5 Å². The first-order chi connectivity index (χ1) is 12.6. The third-order valence-electron chi connectivity index (χ3n) is 4.43. The number of hydrogen-bond donors (Lipinski definition) is 2. The number of carbonyl (C=O) groups excluding carboxylic acids is 2. The third kappa shape index (κ3) is 3.61. The van der Waals surface area contributed by atoms with Crippen LogP contribution in [-0.2, 0) is 9.53 Å². The molecule has 2 N–H and O–H groups in total. The maximum absolute atomic E-state index is 12.3. The second kappa shape index (κ2) is 7.87. The molecule has 0 bridgehead atoms. The molecule has 0 spiro atoms. The summed E-state index contributed by atoms with van der Waals surface area (Å²) >= 11 is 0. The quantitative estimate of drug-likeness (QED) is 0.794. The van der Waals surface area contributed by atoms with Crippen molar-refractivity contribution in [2.45, 2.75) is 32.2 Å². The number of esters is 1. The molecule has 1 atom stereocenters. The molecule has 8 heteroatoms. The van der Waals surface area contributed by atoms with Crippen molar-refractivity contribution >= 4 is 28.6 Å². The second-order valence-electron chi connectivity index (χ2n) is 6.17. The molecule has 1 fully saturated rings. The number of hydrogen-bond acceptors (Lipinski definition) is 6. The Morgan fingerprint density at radius 1 is 1.54 bits per heavy atom. The topological polar surface area (TPSA) is 111 Å². The first-order valence-corrected chi connectivity index (χ1v) is 8.68. The molecule has 1 aliphatic rings. The van der Waals surface area contributed by atoms with Crippen LogP contribution in [0, 0.1) is 11.3 Å². The monoisotopic (exact) mass is 355 g/mol. The van der Waals surface area contributed by atoms with Gasteiger partial charge >= 0.3 is 5.97 Å². The Balaban J connectivity index is 1.86. The van der Waals surface area contributed by atoms with E-state index >= 15 is 0 Å². The fraction of sp³-hybridized carbons (Fsp3) is 0.444. The summed E-state index contributed by atoms with van der Waals surface area (Å²) in [6, 6.07) is 3.75. The van der Waals surface area contributed by atoms with Crippen molar-refractivity contribution in [3.8, 4) is 6.07 Å². The average Bonchev–Trinajstić information content (AvgIpc) is 3.12. The van der Waals surface area contributed by atoms with Crippen molar-refractivity contribution in [1.82, 2.24) is 14.9 Å². The summed E-state index contributed by atoms with van der Waals surface area (Å²) < 4.78 is 5.14. The number of H-pyrrole nitrogens is 1. The van der Waals surface area contributed by atoms with E-state index in [1.54, 1.807) is 18.0 Å². The van der Waals surface area contributed by atoms with Gasteiger partial charge in [-0.2, -0.15) is 5.26 Å². The lowest BCUT2D eigenvalue weighted by Crippen LogP contribution is -2.45. The van der Waals surface area contributed by atoms with Gasteiger partial charge < -0.3 is 19.9 Å². The number of nitrogens with zero attached hydrogens (tertiary/aromatic N) is 3. The molecular formula is C18H21N5O3. The lowest BCUT2D eigenvalue weighted by atomic mass is 10.0. The molecule has 26 heavy (non-hydrogen) atoms. The number of piperidine rings is 1. The Morgan fingerprint density at radius 2 is 2.38 bits per heavy atom. The molecule has 0 saturated carbocycles. The van der Waals surface area contributed by atoms with Crippen molar-refractivity contribution in [3.05, 3.63) is 24.0 Å². The largest absolute Gasteiger partial charge is 0.462 e. The summed E-state index contributed by atoms with van der Waals surface area (Å²) in [5.74, 6) is -0.593. The minimum absolute atomic E-state index is 0.0138. The fourth-order valence-corrected chi connectivity index (χ4v) is 3.23. The van der Waals surface area contributed by atoms with E-state index in [0.717, 1.165) is 18.2 Å². The number of amides is 1. The Kier molecular flexibility index (Phi) is 5.37. The molecule has 2 aromatic heterocycles. The van der Waals surface area contributed by atoms with Crippen LogP contribution >= 0.6 is 0 Å². The summed E-state index contributed by atoms with van der Waals surface area (Å²) in [6.07, 6.45) is 4.86. The molecule has 2 aromatic rings. The number of pyridine rings is 1. The maximum atomic E-state index is 12.3. The van der Waals surface area contributed by atoms with Crippen LogP contribution in [0.2, 0.25) is 0 Å². The van der Waals surface area contributed by atoms with Crippen LogP contribution in [0.5, 0.6) is 0 Å². The lowest BCUT2D eigenvalue weighted by molar-refractivity contribution is -0.131. The van der Waals surface area contributed by atoms with Crippen LogP contribution in [0.4, 0.5) is 5.69 Å². The van der Waals surface area contributed by atoms with Crippen molar-refractivity contribution < 1.29 is 14.3 Å². The van der Waals surface area contributed by atoms with E-state index in [-0.39, 0.29) is 25.0 Å². The molecule has 3 heterocycles. The van der Waals surface area contributed by atoms with Gasteiger partial charge in [-0.3, -0.25) is 4.79 Å². The predicted molar refractivity (Wildman–Crippen MR) is 95.5 cm³/mol. The summed E-state index contributed by atoms with van der Waals surface area (Å²) in [7, 11) is 0. The van der Waals surface area contributed by atoms with Crippen LogP contribution < -0.4 is 5.32 Å². The summed E-state index contributed by atoms with van der Waals surface area (Å²) in [5, 5.41) is 12.9. The molecule has 1 aliphatic heterocycles. The molecule has 1 amide bonds. The number of carbonyl (C=O) groups is 2. The fourth-order valence-electron chi connectivity index (χ4n) is 3.23. The average molecular weight is 355 g/mol. The van der Waals surface area contributed by atoms with Gasteiger partial charge in [0.25, 0.3) is 0 Å². The van der Waals surface area contributed by atoms with Gasteiger partial charge in [0.2, 0.25) is 5.91 Å². The number of ether oxygens (including phenoxy) is 1. The van der Waals surface area contributed by atoms with Crippen molar-refractivity contribution in [3.63, 3.8) is 0 Å². The molecule has 0 aliphatic carbocycles. The highest BCUT2D eigenvalue weighted by Gasteiger charge is 2.26. The Bertz CT molecular complexity index is 854. The number of fused-ring (bicyclic) bond motifs is 1. The standard InChI is InChI=1S/C18H21N5O3/c1-2-26-18(25)14-10-21-17-13(6-8-20-17)16(14)22-12-4-3-9-23(11-12)15(24)5-7-19/h6,8,10,12H,2-5,9,11H2,1H3,(H2,20,21,22)/t12-/m0/s1. The summed E-state index contributed by atoms with van der Waals surface area (Å²) in [5.41, 5.74) is 1.71. The number of aromatic nitrogens is 2. The Hall–Kier alpha value is -3.08. The Morgan fingerprint density at radius 3 is 3.15 bits per heavy atom. The number of aromatic amines is 1. The number of likely N-dealkylation sites (tertiary alicyclic amines) is 1. The van der Waals surface area contributed by atoms with E-state index < -0.39 is 5.97 Å². The van der Waals surface area contributed by atoms with E-state index in [2.05, 4.69) is 15.3 Å². The van der Waals surface area contributed by atoms with Crippen LogP contribution in [0.1, 0.15) is 36.5 Å². The molecule has 0 aromatic carbocycles. The van der Waals surface area contributed by atoms with Gasteiger partial charge in [-0.25, -0.2) is 9.78 Å². The Labute approximate surface area is 151 Å². The van der Waals surface area contributed by atoms with E-state index in [1.807, 2.05) is 12.1 Å². The summed E-state index contributed by atoms with van der Waals surface area (Å²) in [4.78, 5) is 33.3. The zero-order valence-corrected chi connectivity index (χ0v) is 14.6.